The Balaban J connectivity index is 1.30. The minimum absolute atomic E-state index is 0.145. The highest BCUT2D eigenvalue weighted by molar-refractivity contribution is 7.90. The number of hydrogen-bond donors (Lipinski definition) is 3. The molecule has 1 aliphatic carbocycles. The zero-order chi connectivity index (χ0) is 23.7. The summed E-state index contributed by atoms with van der Waals surface area (Å²) in [7, 11) is -3.70. The highest BCUT2D eigenvalue weighted by atomic mass is 32.2. The van der Waals surface area contributed by atoms with Crippen molar-refractivity contribution in [3.05, 3.63) is 59.3 Å². The number of aromatic amines is 1. The summed E-state index contributed by atoms with van der Waals surface area (Å²) in [6.45, 7) is 2.92. The van der Waals surface area contributed by atoms with E-state index in [1.807, 2.05) is 18.2 Å². The van der Waals surface area contributed by atoms with E-state index in [0.717, 1.165) is 43.0 Å². The number of H-pyrrole nitrogens is 1. The van der Waals surface area contributed by atoms with Gasteiger partial charge in [-0.2, -0.15) is 0 Å². The molecule has 0 fully saturated rings. The van der Waals surface area contributed by atoms with Crippen molar-refractivity contribution in [3.8, 4) is 0 Å². The summed E-state index contributed by atoms with van der Waals surface area (Å²) in [5.41, 5.74) is 4.79. The van der Waals surface area contributed by atoms with Gasteiger partial charge in [0.05, 0.1) is 4.90 Å². The second kappa shape index (κ2) is 9.25. The number of aryl methyl sites for hydroxylation is 1. The van der Waals surface area contributed by atoms with E-state index in [-0.39, 0.29) is 10.8 Å². The zero-order valence-corrected chi connectivity index (χ0v) is 20.2. The third-order valence-corrected chi connectivity index (χ3v) is 8.14. The molecular weight excluding hydrogens is 448 g/mol. The number of amidine groups is 1. The minimum Gasteiger partial charge on any atom is -0.358 e. The first kappa shape index (κ1) is 22.7. The van der Waals surface area contributed by atoms with E-state index >= 15 is 0 Å². The molecule has 3 N–H and O–H groups in total. The van der Waals surface area contributed by atoms with E-state index in [0.29, 0.717) is 36.0 Å². The van der Waals surface area contributed by atoms with Crippen LogP contribution in [-0.2, 0) is 22.9 Å². The van der Waals surface area contributed by atoms with Crippen molar-refractivity contribution in [1.29, 1.82) is 0 Å². The molecule has 2 heterocycles. The van der Waals surface area contributed by atoms with Gasteiger partial charge in [0.15, 0.2) is 0 Å². The van der Waals surface area contributed by atoms with Crippen molar-refractivity contribution in [1.82, 2.24) is 9.71 Å². The highest BCUT2D eigenvalue weighted by Gasteiger charge is 2.21. The van der Waals surface area contributed by atoms with Gasteiger partial charge in [-0.25, -0.2) is 8.42 Å². The van der Waals surface area contributed by atoms with Crippen molar-refractivity contribution in [2.75, 3.05) is 11.9 Å². The molecule has 0 radical (unpaired) electrons. The molecule has 34 heavy (non-hydrogen) atoms. The number of aromatic nitrogens is 1. The van der Waals surface area contributed by atoms with Gasteiger partial charge in [0.25, 0.3) is 15.9 Å². The Labute approximate surface area is 200 Å². The largest absolute Gasteiger partial charge is 0.358 e. The number of sulfonamides is 1. The van der Waals surface area contributed by atoms with Gasteiger partial charge < -0.3 is 10.3 Å². The number of nitrogens with zero attached hydrogens (tertiary/aromatic N) is 1. The van der Waals surface area contributed by atoms with E-state index in [4.69, 9.17) is 0 Å². The van der Waals surface area contributed by atoms with Crippen LogP contribution < -0.4 is 10.0 Å². The molecule has 2 aromatic carbocycles. The first-order valence-electron chi connectivity index (χ1n) is 12.0. The summed E-state index contributed by atoms with van der Waals surface area (Å²) in [5, 5.41) is 4.00. The van der Waals surface area contributed by atoms with Crippen molar-refractivity contribution in [3.63, 3.8) is 0 Å². The maximum absolute atomic E-state index is 12.9. The highest BCUT2D eigenvalue weighted by Crippen LogP contribution is 2.32. The fourth-order valence-electron chi connectivity index (χ4n) is 4.82. The maximum Gasteiger partial charge on any atom is 0.262 e. The average molecular weight is 479 g/mol. The summed E-state index contributed by atoms with van der Waals surface area (Å²) >= 11 is 0. The molecule has 1 aromatic heterocycles. The summed E-state index contributed by atoms with van der Waals surface area (Å²) < 4.78 is 28.1. The molecule has 1 amide bonds. The minimum atomic E-state index is -3.70. The molecule has 3 aromatic rings. The van der Waals surface area contributed by atoms with Crippen LogP contribution in [0.2, 0.25) is 0 Å². The number of anilines is 1. The fraction of sp³-hybridized carbons (Fsp3) is 0.385. The van der Waals surface area contributed by atoms with Crippen LogP contribution in [0.3, 0.4) is 0 Å². The molecule has 2 aliphatic rings. The first-order valence-corrected chi connectivity index (χ1v) is 13.5. The topological polar surface area (TPSA) is 103 Å². The Bertz CT molecular complexity index is 1360. The lowest BCUT2D eigenvalue weighted by Gasteiger charge is -2.18. The first-order chi connectivity index (χ1) is 16.4. The Morgan fingerprint density at radius 1 is 1.06 bits per heavy atom. The quantitative estimate of drug-likeness (QED) is 0.502. The summed E-state index contributed by atoms with van der Waals surface area (Å²) in [6.07, 6.45) is 6.87. The SMILES string of the molecule is CC1CCc2[nH]c3ccc(C(=O)Nc4ccc(S(=O)(=O)NC5=NCCCCC5)cc4)cc3c2C1. The Morgan fingerprint density at radius 2 is 1.88 bits per heavy atom. The van der Waals surface area contributed by atoms with Crippen molar-refractivity contribution in [2.45, 2.75) is 56.8 Å². The van der Waals surface area contributed by atoms with Gasteiger partial charge in [0.1, 0.15) is 5.84 Å². The summed E-state index contributed by atoms with van der Waals surface area (Å²) in [4.78, 5) is 20.9. The van der Waals surface area contributed by atoms with Crippen LogP contribution in [-0.4, -0.2) is 31.7 Å². The Morgan fingerprint density at radius 3 is 2.71 bits per heavy atom. The number of aliphatic imine (C=N–C) groups is 1. The van der Waals surface area contributed by atoms with Gasteiger partial charge in [-0.1, -0.05) is 13.3 Å². The standard InChI is InChI=1S/C26H30N4O3S/c1-17-6-12-23-21(15-17)22-16-18(7-13-24(22)29-23)26(31)28-19-8-10-20(11-9-19)34(32,33)30-25-5-3-2-4-14-27-25/h7-11,13,16-17,29H,2-6,12,14-15H2,1H3,(H,27,30)(H,28,31). The van der Waals surface area contributed by atoms with Crippen LogP contribution in [0, 0.1) is 5.92 Å². The lowest BCUT2D eigenvalue weighted by atomic mass is 9.87. The third-order valence-electron chi connectivity index (χ3n) is 6.75. The number of carbonyl (C=O) groups excluding carboxylic acids is 1. The number of nitrogens with one attached hydrogen (secondary N) is 3. The molecule has 0 saturated carbocycles. The van der Waals surface area contributed by atoms with Crippen molar-refractivity contribution < 1.29 is 13.2 Å². The van der Waals surface area contributed by atoms with Crippen molar-refractivity contribution >= 4 is 38.4 Å². The molecular formula is C26H30N4O3S. The lowest BCUT2D eigenvalue weighted by molar-refractivity contribution is 0.102. The van der Waals surface area contributed by atoms with E-state index in [1.165, 1.54) is 29.8 Å². The normalized spacial score (nSPS) is 18.6. The molecule has 1 aliphatic heterocycles. The van der Waals surface area contributed by atoms with Crippen molar-refractivity contribution in [2.24, 2.45) is 10.9 Å². The molecule has 1 atom stereocenters. The fourth-order valence-corrected chi connectivity index (χ4v) is 5.91. The molecule has 0 bridgehead atoms. The van der Waals surface area contributed by atoms with Gasteiger partial charge >= 0.3 is 0 Å². The predicted octanol–water partition coefficient (Wildman–Crippen LogP) is 4.80. The van der Waals surface area contributed by atoms with Crippen LogP contribution in [0.1, 0.15) is 60.6 Å². The Hall–Kier alpha value is -3.13. The van der Waals surface area contributed by atoms with E-state index in [2.05, 4.69) is 26.9 Å². The van der Waals surface area contributed by atoms with Gasteiger partial charge in [-0.05, 0) is 86.1 Å². The molecule has 178 valence electrons. The monoisotopic (exact) mass is 478 g/mol. The number of amides is 1. The lowest BCUT2D eigenvalue weighted by Crippen LogP contribution is -2.30. The van der Waals surface area contributed by atoms with E-state index in [1.54, 1.807) is 12.1 Å². The second-order valence-corrected chi connectivity index (χ2v) is 11.1. The number of benzene rings is 2. The number of rotatable bonds is 4. The van der Waals surface area contributed by atoms with Gasteiger partial charge in [0, 0.05) is 40.8 Å². The molecule has 1 unspecified atom stereocenters. The summed E-state index contributed by atoms with van der Waals surface area (Å²) in [6, 6.07) is 12.0. The van der Waals surface area contributed by atoms with E-state index < -0.39 is 10.0 Å². The molecule has 7 nitrogen and oxygen atoms in total. The van der Waals surface area contributed by atoms with Gasteiger partial charge in [-0.3, -0.25) is 14.5 Å². The number of carbonyl (C=O) groups is 1. The number of fused-ring (bicyclic) bond motifs is 3. The predicted molar refractivity (Wildman–Crippen MR) is 135 cm³/mol. The van der Waals surface area contributed by atoms with Crippen LogP contribution in [0.15, 0.2) is 52.4 Å². The molecule has 0 saturated heterocycles. The molecule has 8 heteroatoms. The van der Waals surface area contributed by atoms with Crippen LogP contribution in [0.4, 0.5) is 5.69 Å². The maximum atomic E-state index is 12.9. The van der Waals surface area contributed by atoms with E-state index in [9.17, 15) is 13.2 Å². The smallest absolute Gasteiger partial charge is 0.262 e. The second-order valence-electron chi connectivity index (χ2n) is 9.41. The zero-order valence-electron chi connectivity index (χ0n) is 19.4. The van der Waals surface area contributed by atoms with Gasteiger partial charge in [-0.15, -0.1) is 0 Å². The van der Waals surface area contributed by atoms with Crippen LogP contribution >= 0.6 is 0 Å². The molecule has 5 rings (SSSR count). The number of hydrogen-bond acceptors (Lipinski definition) is 4. The molecule has 0 spiro atoms. The van der Waals surface area contributed by atoms with Gasteiger partial charge in [0.2, 0.25) is 0 Å². The third kappa shape index (κ3) is 4.73. The van der Waals surface area contributed by atoms with Crippen LogP contribution in [0.5, 0.6) is 0 Å². The summed E-state index contributed by atoms with van der Waals surface area (Å²) in [5.74, 6) is 0.941. The average Bonchev–Trinajstić information content (AvgIpc) is 2.98. The Kier molecular flexibility index (Phi) is 6.16. The van der Waals surface area contributed by atoms with Crippen LogP contribution in [0.25, 0.3) is 10.9 Å².